The average molecular weight is 641 g/mol. The Bertz CT molecular complexity index is 1050. The highest BCUT2D eigenvalue weighted by molar-refractivity contribution is 5.47. The number of aliphatic hydroxyl groups excluding tert-OH is 1. The molecule has 0 aromatic heterocycles. The van der Waals surface area contributed by atoms with Gasteiger partial charge in [-0.05, 0) is 42.4 Å². The number of ether oxygens (including phenoxy) is 2. The molecule has 2 atom stereocenters. The van der Waals surface area contributed by atoms with E-state index in [1.54, 1.807) is 0 Å². The molecule has 0 aliphatic heterocycles. The van der Waals surface area contributed by atoms with Crippen LogP contribution in [0, 0.1) is 0 Å². The summed E-state index contributed by atoms with van der Waals surface area (Å²) >= 11 is 0. The highest BCUT2D eigenvalue weighted by Crippen LogP contribution is 2.40. The summed E-state index contributed by atoms with van der Waals surface area (Å²) in [5.74, 6) is 0. The van der Waals surface area contributed by atoms with Crippen molar-refractivity contribution in [1.82, 2.24) is 0 Å². The second-order valence-electron chi connectivity index (χ2n) is 13.2. The molecule has 0 aliphatic rings. The topological polar surface area (TPSA) is 38.7 Å². The Hall–Kier alpha value is -2.72. The summed E-state index contributed by atoms with van der Waals surface area (Å²) < 4.78 is 13.5. The van der Waals surface area contributed by atoms with E-state index >= 15 is 0 Å². The monoisotopic (exact) mass is 640 g/mol. The second-order valence-corrected chi connectivity index (χ2v) is 13.2. The first-order valence-corrected chi connectivity index (χ1v) is 18.9. The maximum absolute atomic E-state index is 11.5. The van der Waals surface area contributed by atoms with E-state index in [0.29, 0.717) is 13.2 Å². The quantitative estimate of drug-likeness (QED) is 0.0487. The Morgan fingerprint density at radius 3 is 1.45 bits per heavy atom. The Morgan fingerprint density at radius 2 is 1.02 bits per heavy atom. The van der Waals surface area contributed by atoms with Crippen molar-refractivity contribution < 1.29 is 14.6 Å². The third kappa shape index (κ3) is 14.1. The fraction of sp³-hybridized carbons (Fsp3) is 0.545. The number of hydrogen-bond donors (Lipinski definition) is 1. The van der Waals surface area contributed by atoms with Crippen molar-refractivity contribution in [1.29, 1.82) is 0 Å². The van der Waals surface area contributed by atoms with Gasteiger partial charge in [-0.15, -0.1) is 6.58 Å². The summed E-state index contributed by atoms with van der Waals surface area (Å²) in [7, 11) is 0. The Kier molecular flexibility index (Phi) is 20.1. The minimum atomic E-state index is -0.830. The zero-order chi connectivity index (χ0) is 33.3. The van der Waals surface area contributed by atoms with Crippen LogP contribution in [0.4, 0.5) is 0 Å². The zero-order valence-electron chi connectivity index (χ0n) is 29.5. The Labute approximate surface area is 287 Å². The molecule has 1 N–H and O–H groups in total. The lowest BCUT2D eigenvalue weighted by atomic mass is 9.80. The van der Waals surface area contributed by atoms with Crippen molar-refractivity contribution in [3.63, 3.8) is 0 Å². The minimum absolute atomic E-state index is 0.292. The van der Waals surface area contributed by atoms with E-state index in [0.717, 1.165) is 55.2 Å². The van der Waals surface area contributed by atoms with Crippen LogP contribution in [0.15, 0.2) is 104 Å². The van der Waals surface area contributed by atoms with Gasteiger partial charge in [0, 0.05) is 6.61 Å². The molecule has 47 heavy (non-hydrogen) atoms. The van der Waals surface area contributed by atoms with E-state index < -0.39 is 17.8 Å². The summed E-state index contributed by atoms with van der Waals surface area (Å²) in [5, 5.41) is 11.5. The highest BCUT2D eigenvalue weighted by Gasteiger charge is 2.39. The first-order chi connectivity index (χ1) is 23.2. The standard InChI is InChI=1S/C44H64O3/c1-3-5-7-9-10-11-12-13-14-15-16-17-18-28-36-42(45)43(46-37-29-8-6-4-2)38-47-44(39-30-22-19-23-31-39,40-32-24-20-25-33-40)41-34-26-21-27-35-41/h4,19-27,30-35,42-43,45H,2-3,5-18,28-29,36-38H2,1H3/t42?,43-/m0/s1. The number of rotatable bonds is 28. The molecule has 0 spiro atoms. The smallest absolute Gasteiger partial charge is 0.143 e. The molecule has 0 aliphatic carbocycles. The third-order valence-corrected chi connectivity index (χ3v) is 9.42. The van der Waals surface area contributed by atoms with E-state index in [2.05, 4.69) is 86.3 Å². The first kappa shape index (κ1) is 38.7. The molecule has 0 bridgehead atoms. The number of aliphatic hydroxyl groups is 1. The van der Waals surface area contributed by atoms with Crippen molar-refractivity contribution in [3.05, 3.63) is 120 Å². The van der Waals surface area contributed by atoms with Gasteiger partial charge >= 0.3 is 0 Å². The molecule has 0 heterocycles. The van der Waals surface area contributed by atoms with Crippen LogP contribution in [-0.4, -0.2) is 30.5 Å². The molecule has 3 aromatic carbocycles. The normalized spacial score (nSPS) is 13.0. The summed E-state index contributed by atoms with van der Waals surface area (Å²) in [5.41, 5.74) is 2.35. The summed E-state index contributed by atoms with van der Waals surface area (Å²) in [6.45, 7) is 7.03. The fourth-order valence-electron chi connectivity index (χ4n) is 6.61. The predicted octanol–water partition coefficient (Wildman–Crippen LogP) is 12.0. The molecular weight excluding hydrogens is 576 g/mol. The minimum Gasteiger partial charge on any atom is -0.390 e. The molecular formula is C44H64O3. The van der Waals surface area contributed by atoms with Crippen molar-refractivity contribution in [2.24, 2.45) is 0 Å². The van der Waals surface area contributed by atoms with Gasteiger partial charge in [0.1, 0.15) is 11.7 Å². The number of unbranched alkanes of at least 4 members (excludes halogenated alkanes) is 15. The molecule has 0 fully saturated rings. The van der Waals surface area contributed by atoms with Gasteiger partial charge in [-0.25, -0.2) is 0 Å². The van der Waals surface area contributed by atoms with Crippen molar-refractivity contribution in [2.45, 2.75) is 140 Å². The lowest BCUT2D eigenvalue weighted by Gasteiger charge is -2.37. The van der Waals surface area contributed by atoms with Crippen molar-refractivity contribution in [2.75, 3.05) is 13.2 Å². The summed E-state index contributed by atoms with van der Waals surface area (Å²) in [4.78, 5) is 0. The van der Waals surface area contributed by atoms with E-state index in [1.165, 1.54) is 77.0 Å². The van der Waals surface area contributed by atoms with Gasteiger partial charge in [0.25, 0.3) is 0 Å². The molecule has 0 saturated heterocycles. The van der Waals surface area contributed by atoms with Gasteiger partial charge in [-0.3, -0.25) is 0 Å². The lowest BCUT2D eigenvalue weighted by molar-refractivity contribution is -0.110. The van der Waals surface area contributed by atoms with Crippen LogP contribution in [0.5, 0.6) is 0 Å². The SMILES string of the molecule is C=CCCCCO[C@@H](COC(c1ccccc1)(c1ccccc1)c1ccccc1)C(O)CCCCCCCCCCCCCCCC. The Balaban J connectivity index is 1.57. The average Bonchev–Trinajstić information content (AvgIpc) is 3.12. The number of allylic oxidation sites excluding steroid dienone is 1. The van der Waals surface area contributed by atoms with Crippen LogP contribution in [0.3, 0.4) is 0 Å². The largest absolute Gasteiger partial charge is 0.390 e. The predicted molar refractivity (Wildman–Crippen MR) is 200 cm³/mol. The summed E-state index contributed by atoms with van der Waals surface area (Å²) in [6, 6.07) is 31.3. The molecule has 3 rings (SSSR count). The molecule has 0 radical (unpaired) electrons. The molecule has 0 saturated carbocycles. The molecule has 3 heteroatoms. The third-order valence-electron chi connectivity index (χ3n) is 9.42. The van der Waals surface area contributed by atoms with Gasteiger partial charge in [0.2, 0.25) is 0 Å². The van der Waals surface area contributed by atoms with Gasteiger partial charge in [0.15, 0.2) is 0 Å². The van der Waals surface area contributed by atoms with E-state index in [9.17, 15) is 5.11 Å². The molecule has 0 amide bonds. The van der Waals surface area contributed by atoms with Crippen LogP contribution >= 0.6 is 0 Å². The second kappa shape index (κ2) is 24.4. The van der Waals surface area contributed by atoms with Gasteiger partial charge < -0.3 is 14.6 Å². The van der Waals surface area contributed by atoms with Crippen LogP contribution in [0.2, 0.25) is 0 Å². The highest BCUT2D eigenvalue weighted by atomic mass is 16.6. The van der Waals surface area contributed by atoms with E-state index in [4.69, 9.17) is 9.47 Å². The number of benzene rings is 3. The van der Waals surface area contributed by atoms with E-state index in [-0.39, 0.29) is 0 Å². The summed E-state index contributed by atoms with van der Waals surface area (Å²) in [6.07, 6.45) is 23.2. The Morgan fingerprint density at radius 1 is 0.596 bits per heavy atom. The fourth-order valence-corrected chi connectivity index (χ4v) is 6.61. The van der Waals surface area contributed by atoms with E-state index in [1.807, 2.05) is 24.3 Å². The van der Waals surface area contributed by atoms with Crippen molar-refractivity contribution >= 4 is 0 Å². The lowest BCUT2D eigenvalue weighted by Crippen LogP contribution is -2.40. The molecule has 1 unspecified atom stereocenters. The van der Waals surface area contributed by atoms with Crippen molar-refractivity contribution in [3.8, 4) is 0 Å². The van der Waals surface area contributed by atoms with Crippen LogP contribution in [-0.2, 0) is 15.1 Å². The first-order valence-electron chi connectivity index (χ1n) is 18.9. The maximum atomic E-state index is 11.5. The van der Waals surface area contributed by atoms with Crippen LogP contribution in [0.25, 0.3) is 0 Å². The van der Waals surface area contributed by atoms with Gasteiger partial charge in [0.05, 0.1) is 12.7 Å². The zero-order valence-corrected chi connectivity index (χ0v) is 29.5. The maximum Gasteiger partial charge on any atom is 0.143 e. The van der Waals surface area contributed by atoms with Crippen LogP contribution in [0.1, 0.15) is 139 Å². The molecule has 3 nitrogen and oxygen atoms in total. The van der Waals surface area contributed by atoms with Crippen LogP contribution < -0.4 is 0 Å². The van der Waals surface area contributed by atoms with Gasteiger partial charge in [-0.1, -0.05) is 194 Å². The molecule has 3 aromatic rings. The van der Waals surface area contributed by atoms with Gasteiger partial charge in [-0.2, -0.15) is 0 Å². The number of hydrogen-bond acceptors (Lipinski definition) is 3. The molecule has 258 valence electrons.